The van der Waals surface area contributed by atoms with Crippen LogP contribution in [0.25, 0.3) is 58.8 Å². The summed E-state index contributed by atoms with van der Waals surface area (Å²) in [5.74, 6) is 0. The molecule has 5 aromatic carbocycles. The van der Waals surface area contributed by atoms with Gasteiger partial charge in [-0.25, -0.2) is 0 Å². The van der Waals surface area contributed by atoms with E-state index in [0.717, 1.165) is 38.6 Å². The van der Waals surface area contributed by atoms with E-state index in [2.05, 4.69) is 71.3 Å². The van der Waals surface area contributed by atoms with Crippen molar-refractivity contribution in [1.29, 1.82) is 10.5 Å². The molecule has 0 spiro atoms. The molecule has 0 saturated heterocycles. The van der Waals surface area contributed by atoms with Crippen molar-refractivity contribution in [2.75, 3.05) is 0 Å². The van der Waals surface area contributed by atoms with E-state index >= 15 is 0 Å². The number of aromatic nitrogens is 1. The Morgan fingerprint density at radius 2 is 1.36 bits per heavy atom. The molecule has 0 unspecified atom stereocenters. The monoisotopic (exact) mass is 475 g/mol. The van der Waals surface area contributed by atoms with Crippen molar-refractivity contribution in [2.45, 2.75) is 0 Å². The van der Waals surface area contributed by atoms with Gasteiger partial charge >= 0.3 is 0 Å². The van der Waals surface area contributed by atoms with Crippen LogP contribution in [0.4, 0.5) is 0 Å². The number of rotatable bonds is 2. The molecule has 0 radical (unpaired) electrons. The minimum absolute atomic E-state index is 0.621. The highest BCUT2D eigenvalue weighted by molar-refractivity contribution is 7.25. The van der Waals surface area contributed by atoms with Crippen LogP contribution in [0.1, 0.15) is 11.1 Å². The Kier molecular flexibility index (Phi) is 4.45. The average Bonchev–Trinajstić information content (AvgIpc) is 3.47. The Bertz CT molecular complexity index is 2080. The maximum Gasteiger partial charge on any atom is 0.102 e. The second-order valence-corrected chi connectivity index (χ2v) is 9.90. The minimum Gasteiger partial charge on any atom is -0.308 e. The summed E-state index contributed by atoms with van der Waals surface area (Å²) in [5, 5.41) is 24.4. The predicted molar refractivity (Wildman–Crippen MR) is 149 cm³/mol. The highest BCUT2D eigenvalue weighted by Crippen LogP contribution is 2.39. The van der Waals surface area contributed by atoms with Crippen molar-refractivity contribution in [2.24, 2.45) is 0 Å². The standard InChI is InChI=1S/C32H17N3S/c33-18-20-12-14-30-25(16-20)23-6-1-3-9-28(23)35(30)29-10-5-8-22(27(29)19-34)21-13-15-32-26(17-21)24-7-2-4-11-31(24)36-32/h1-17H. The van der Waals surface area contributed by atoms with E-state index in [-0.39, 0.29) is 0 Å². The summed E-state index contributed by atoms with van der Waals surface area (Å²) in [6, 6.07) is 39.6. The summed E-state index contributed by atoms with van der Waals surface area (Å²) in [6.45, 7) is 0. The predicted octanol–water partition coefficient (Wildman–Crippen LogP) is 8.56. The number of hydrogen-bond acceptors (Lipinski definition) is 3. The molecule has 7 aromatic rings. The van der Waals surface area contributed by atoms with Crippen molar-refractivity contribution < 1.29 is 0 Å². The lowest BCUT2D eigenvalue weighted by molar-refractivity contribution is 1.17. The Balaban J connectivity index is 1.52. The van der Waals surface area contributed by atoms with Crippen LogP contribution in [0, 0.1) is 22.7 Å². The summed E-state index contributed by atoms with van der Waals surface area (Å²) in [5.41, 5.74) is 6.00. The number of para-hydroxylation sites is 1. The topological polar surface area (TPSA) is 52.5 Å². The van der Waals surface area contributed by atoms with Crippen molar-refractivity contribution in [3.05, 3.63) is 114 Å². The van der Waals surface area contributed by atoms with Crippen LogP contribution < -0.4 is 0 Å². The van der Waals surface area contributed by atoms with Gasteiger partial charge in [0, 0.05) is 36.5 Å². The van der Waals surface area contributed by atoms with E-state index in [4.69, 9.17) is 0 Å². The molecule has 2 heterocycles. The van der Waals surface area contributed by atoms with Gasteiger partial charge in [-0.1, -0.05) is 54.6 Å². The first-order valence-corrected chi connectivity index (χ1v) is 12.5. The Morgan fingerprint density at radius 1 is 0.583 bits per heavy atom. The highest BCUT2D eigenvalue weighted by atomic mass is 32.1. The van der Waals surface area contributed by atoms with Crippen molar-refractivity contribution in [1.82, 2.24) is 4.57 Å². The van der Waals surface area contributed by atoms with Crippen molar-refractivity contribution in [3.8, 4) is 29.0 Å². The second-order valence-electron chi connectivity index (χ2n) is 8.82. The van der Waals surface area contributed by atoms with Gasteiger partial charge in [-0.2, -0.15) is 10.5 Å². The van der Waals surface area contributed by atoms with E-state index in [9.17, 15) is 10.5 Å². The molecular weight excluding hydrogens is 458 g/mol. The smallest absolute Gasteiger partial charge is 0.102 e. The molecule has 0 saturated carbocycles. The first-order valence-electron chi connectivity index (χ1n) is 11.7. The van der Waals surface area contributed by atoms with Crippen molar-refractivity contribution in [3.63, 3.8) is 0 Å². The van der Waals surface area contributed by atoms with E-state index in [1.807, 2.05) is 48.5 Å². The fourth-order valence-electron chi connectivity index (χ4n) is 5.28. The van der Waals surface area contributed by atoms with Gasteiger partial charge in [0.2, 0.25) is 0 Å². The fourth-order valence-corrected chi connectivity index (χ4v) is 6.37. The molecule has 0 aliphatic rings. The second kappa shape index (κ2) is 7.82. The molecule has 4 heteroatoms. The molecule has 2 aromatic heterocycles. The first-order chi connectivity index (χ1) is 17.8. The Hall–Kier alpha value is -4.90. The van der Waals surface area contributed by atoms with Gasteiger partial charge in [0.1, 0.15) is 6.07 Å². The number of thiophene rings is 1. The van der Waals surface area contributed by atoms with Crippen LogP contribution in [-0.4, -0.2) is 4.57 Å². The molecule has 0 N–H and O–H groups in total. The summed E-state index contributed by atoms with van der Waals surface area (Å²) < 4.78 is 4.65. The third kappa shape index (κ3) is 2.89. The molecule has 0 fully saturated rings. The van der Waals surface area contributed by atoms with Gasteiger partial charge in [0.05, 0.1) is 33.9 Å². The van der Waals surface area contributed by atoms with Gasteiger partial charge in [-0.15, -0.1) is 11.3 Å². The van der Waals surface area contributed by atoms with E-state index in [0.29, 0.717) is 11.1 Å². The molecule has 0 aliphatic carbocycles. The average molecular weight is 476 g/mol. The van der Waals surface area contributed by atoms with Gasteiger partial charge in [-0.05, 0) is 54.1 Å². The van der Waals surface area contributed by atoms with Crippen LogP contribution in [0.5, 0.6) is 0 Å². The number of hydrogen-bond donors (Lipinski definition) is 0. The fraction of sp³-hybridized carbons (Fsp3) is 0. The van der Waals surface area contributed by atoms with Crippen LogP contribution in [0.2, 0.25) is 0 Å². The minimum atomic E-state index is 0.621. The van der Waals surface area contributed by atoms with Gasteiger partial charge in [-0.3, -0.25) is 0 Å². The zero-order valence-corrected chi connectivity index (χ0v) is 19.9. The quantitative estimate of drug-likeness (QED) is 0.251. The Labute approximate surface area is 211 Å². The van der Waals surface area contributed by atoms with Gasteiger partial charge < -0.3 is 4.57 Å². The molecule has 0 aliphatic heterocycles. The zero-order chi connectivity index (χ0) is 24.2. The summed E-state index contributed by atoms with van der Waals surface area (Å²) in [7, 11) is 0. The molecule has 166 valence electrons. The summed E-state index contributed by atoms with van der Waals surface area (Å²) in [6.07, 6.45) is 0. The third-order valence-electron chi connectivity index (χ3n) is 6.88. The molecule has 36 heavy (non-hydrogen) atoms. The van der Waals surface area contributed by atoms with E-state index in [1.165, 1.54) is 20.2 Å². The first kappa shape index (κ1) is 20.5. The lowest BCUT2D eigenvalue weighted by Crippen LogP contribution is -1.99. The van der Waals surface area contributed by atoms with Crippen LogP contribution >= 0.6 is 11.3 Å². The molecular formula is C32H17N3S. The van der Waals surface area contributed by atoms with Gasteiger partial charge in [0.15, 0.2) is 0 Å². The molecule has 3 nitrogen and oxygen atoms in total. The third-order valence-corrected chi connectivity index (χ3v) is 8.04. The molecule has 0 bridgehead atoms. The van der Waals surface area contributed by atoms with Crippen molar-refractivity contribution >= 4 is 53.3 Å². The summed E-state index contributed by atoms with van der Waals surface area (Å²) >= 11 is 1.79. The van der Waals surface area contributed by atoms with E-state index in [1.54, 1.807) is 11.3 Å². The maximum absolute atomic E-state index is 10.4. The van der Waals surface area contributed by atoms with Crippen LogP contribution in [0.15, 0.2) is 103 Å². The summed E-state index contributed by atoms with van der Waals surface area (Å²) in [4.78, 5) is 0. The van der Waals surface area contributed by atoms with Gasteiger partial charge in [0.25, 0.3) is 0 Å². The number of benzene rings is 5. The highest BCUT2D eigenvalue weighted by Gasteiger charge is 2.18. The molecule has 0 atom stereocenters. The van der Waals surface area contributed by atoms with Crippen LogP contribution in [-0.2, 0) is 0 Å². The van der Waals surface area contributed by atoms with Crippen LogP contribution in [0.3, 0.4) is 0 Å². The zero-order valence-electron chi connectivity index (χ0n) is 19.1. The number of nitriles is 2. The maximum atomic E-state index is 10.4. The largest absolute Gasteiger partial charge is 0.308 e. The van der Waals surface area contributed by atoms with E-state index < -0.39 is 0 Å². The Morgan fingerprint density at radius 3 is 2.22 bits per heavy atom. The molecule has 0 amide bonds. The SMILES string of the molecule is N#Cc1ccc2c(c1)c1ccccc1n2-c1cccc(-c2ccc3sc4ccccc4c3c2)c1C#N. The lowest BCUT2D eigenvalue weighted by atomic mass is 9.97. The normalized spacial score (nSPS) is 11.3. The number of nitrogens with zero attached hydrogens (tertiary/aromatic N) is 3. The molecule has 7 rings (SSSR count). The number of fused-ring (bicyclic) bond motifs is 6. The lowest BCUT2D eigenvalue weighted by Gasteiger charge is -2.13.